The van der Waals surface area contributed by atoms with Crippen molar-refractivity contribution in [1.29, 1.82) is 0 Å². The van der Waals surface area contributed by atoms with Gasteiger partial charge in [-0.3, -0.25) is 9.36 Å². The summed E-state index contributed by atoms with van der Waals surface area (Å²) in [6.07, 6.45) is 2.31. The number of nitrogens with zero attached hydrogens (tertiary/aromatic N) is 3. The molecular weight excluding hydrogens is 506 g/mol. The minimum Gasteiger partial charge on any atom is -0.484 e. The van der Waals surface area contributed by atoms with E-state index in [-0.39, 0.29) is 11.9 Å². The van der Waals surface area contributed by atoms with Crippen LogP contribution < -0.4 is 16.0 Å². The molecular formula is C28H25N3O6S. The Kier molecular flexibility index (Phi) is 6.50. The molecule has 10 heteroatoms. The van der Waals surface area contributed by atoms with E-state index in [0.29, 0.717) is 26.9 Å². The van der Waals surface area contributed by atoms with E-state index in [2.05, 4.69) is 4.98 Å². The fourth-order valence-electron chi connectivity index (χ4n) is 4.34. The maximum absolute atomic E-state index is 14.0. The largest absolute Gasteiger partial charge is 0.484 e. The number of fused-ring (bicyclic) bond motifs is 1. The summed E-state index contributed by atoms with van der Waals surface area (Å²) in [4.78, 5) is 45.0. The van der Waals surface area contributed by atoms with Crippen molar-refractivity contribution in [3.05, 3.63) is 105 Å². The van der Waals surface area contributed by atoms with Crippen LogP contribution in [0.2, 0.25) is 0 Å². The van der Waals surface area contributed by atoms with Gasteiger partial charge in [-0.25, -0.2) is 19.1 Å². The molecule has 9 nitrogen and oxygen atoms in total. The summed E-state index contributed by atoms with van der Waals surface area (Å²) in [5, 5.41) is 10.2. The smallest absolute Gasteiger partial charge is 0.333 e. The molecule has 3 heterocycles. The second-order valence-electron chi connectivity index (χ2n) is 9.30. The molecule has 0 radical (unpaired) electrons. The van der Waals surface area contributed by atoms with Gasteiger partial charge < -0.3 is 14.3 Å². The minimum absolute atomic E-state index is 0.0230. The van der Waals surface area contributed by atoms with E-state index in [0.717, 1.165) is 10.1 Å². The molecule has 2 aromatic carbocycles. The summed E-state index contributed by atoms with van der Waals surface area (Å²) in [6.45, 7) is 4.43. The highest BCUT2D eigenvalue weighted by atomic mass is 32.1. The van der Waals surface area contributed by atoms with Crippen molar-refractivity contribution < 1.29 is 19.1 Å². The lowest BCUT2D eigenvalue weighted by Crippen LogP contribution is -2.52. The third-order valence-corrected chi connectivity index (χ3v) is 7.77. The lowest BCUT2D eigenvalue weighted by Gasteiger charge is -2.25. The van der Waals surface area contributed by atoms with Gasteiger partial charge in [-0.05, 0) is 44.0 Å². The summed E-state index contributed by atoms with van der Waals surface area (Å²) >= 11 is 1.20. The van der Waals surface area contributed by atoms with E-state index in [4.69, 9.17) is 9.15 Å². The summed E-state index contributed by atoms with van der Waals surface area (Å²) in [5.74, 6) is -0.387. The molecule has 0 fully saturated rings. The molecule has 0 saturated heterocycles. The Hall–Kier alpha value is -4.44. The van der Waals surface area contributed by atoms with Gasteiger partial charge in [-0.2, -0.15) is 0 Å². The highest BCUT2D eigenvalue weighted by Crippen LogP contribution is 2.36. The Morgan fingerprint density at radius 1 is 1.11 bits per heavy atom. The third kappa shape index (κ3) is 4.32. The van der Waals surface area contributed by atoms with Crippen molar-refractivity contribution in [3.63, 3.8) is 0 Å². The number of ether oxygens (including phenoxy) is 1. The van der Waals surface area contributed by atoms with Gasteiger partial charge in [0.25, 0.3) is 5.56 Å². The molecule has 0 amide bonds. The van der Waals surface area contributed by atoms with Crippen molar-refractivity contribution in [2.45, 2.75) is 39.0 Å². The molecule has 0 unspecified atom stereocenters. The normalized spacial score (nSPS) is 12.5. The fraction of sp³-hybridized carbons (Fsp3) is 0.214. The molecule has 38 heavy (non-hydrogen) atoms. The highest BCUT2D eigenvalue weighted by molar-refractivity contribution is 7.22. The van der Waals surface area contributed by atoms with Crippen LogP contribution in [0.5, 0.6) is 5.75 Å². The monoisotopic (exact) mass is 531 g/mol. The number of aromatic nitrogens is 3. The van der Waals surface area contributed by atoms with Crippen LogP contribution in [-0.4, -0.2) is 25.2 Å². The van der Waals surface area contributed by atoms with Crippen LogP contribution >= 0.6 is 11.3 Å². The zero-order chi connectivity index (χ0) is 27.0. The van der Waals surface area contributed by atoms with E-state index in [1.807, 2.05) is 60.7 Å². The van der Waals surface area contributed by atoms with Gasteiger partial charge >= 0.3 is 11.7 Å². The van der Waals surface area contributed by atoms with Gasteiger partial charge in [-0.1, -0.05) is 48.5 Å². The predicted molar refractivity (Wildman–Crippen MR) is 144 cm³/mol. The molecule has 0 aliphatic heterocycles. The lowest BCUT2D eigenvalue weighted by atomic mass is 10.1. The molecule has 3 aromatic heterocycles. The predicted octanol–water partition coefficient (Wildman–Crippen LogP) is 4.83. The molecule has 5 rings (SSSR count). The van der Waals surface area contributed by atoms with Crippen LogP contribution in [0, 0.1) is 6.92 Å². The van der Waals surface area contributed by atoms with Crippen molar-refractivity contribution in [2.24, 2.45) is 0 Å². The van der Waals surface area contributed by atoms with Gasteiger partial charge in [0.1, 0.15) is 28.5 Å². The first-order valence-corrected chi connectivity index (χ1v) is 12.7. The van der Waals surface area contributed by atoms with E-state index < -0.39 is 28.9 Å². The van der Waals surface area contributed by atoms with Crippen LogP contribution in [0.1, 0.15) is 31.1 Å². The minimum atomic E-state index is -1.80. The number of carboxylic acids is 1. The van der Waals surface area contributed by atoms with Gasteiger partial charge in [0, 0.05) is 0 Å². The molecule has 0 spiro atoms. The quantitative estimate of drug-likeness (QED) is 0.305. The number of hydrogen-bond acceptors (Lipinski definition) is 7. The first-order chi connectivity index (χ1) is 18.2. The number of aliphatic carboxylic acids is 1. The van der Waals surface area contributed by atoms with Gasteiger partial charge in [-0.15, -0.1) is 11.3 Å². The van der Waals surface area contributed by atoms with Crippen LogP contribution in [0.3, 0.4) is 0 Å². The van der Waals surface area contributed by atoms with E-state index in [1.54, 1.807) is 6.92 Å². The highest BCUT2D eigenvalue weighted by Gasteiger charge is 2.36. The van der Waals surface area contributed by atoms with Gasteiger partial charge in [0.05, 0.1) is 23.0 Å². The average Bonchev–Trinajstić information content (AvgIpc) is 3.55. The number of para-hydroxylation sites is 1. The zero-order valence-electron chi connectivity index (χ0n) is 21.0. The lowest BCUT2D eigenvalue weighted by molar-refractivity contribution is -0.146. The Balaban J connectivity index is 1.78. The summed E-state index contributed by atoms with van der Waals surface area (Å²) in [7, 11) is 0. The Labute approximate surface area is 221 Å². The molecule has 0 saturated carbocycles. The van der Waals surface area contributed by atoms with Crippen LogP contribution in [-0.2, 0) is 16.9 Å². The maximum Gasteiger partial charge on any atom is 0.333 e. The van der Waals surface area contributed by atoms with Crippen LogP contribution in [0.25, 0.3) is 21.0 Å². The van der Waals surface area contributed by atoms with Gasteiger partial charge in [0.2, 0.25) is 5.89 Å². The topological polar surface area (TPSA) is 117 Å². The van der Waals surface area contributed by atoms with Crippen LogP contribution in [0.4, 0.5) is 0 Å². The third-order valence-electron chi connectivity index (χ3n) is 6.46. The SMILES string of the molecule is Cc1c(-c2ncco2)sc2c1c(=O)n(C(C)(C)C(=O)O)c(=O)n2C[C@@H](Oc1ccccc1)c1ccccc1. The van der Waals surface area contributed by atoms with E-state index >= 15 is 0 Å². The average molecular weight is 532 g/mol. The van der Waals surface area contributed by atoms with E-state index in [9.17, 15) is 19.5 Å². The van der Waals surface area contributed by atoms with Gasteiger partial charge in [0.15, 0.2) is 0 Å². The molecule has 194 valence electrons. The molecule has 0 aliphatic rings. The van der Waals surface area contributed by atoms with Crippen molar-refractivity contribution in [2.75, 3.05) is 0 Å². The number of hydrogen-bond donors (Lipinski definition) is 1. The molecule has 1 atom stereocenters. The van der Waals surface area contributed by atoms with Crippen LogP contribution in [0.15, 0.2) is 87.1 Å². The number of carbonyl (C=O) groups is 1. The molecule has 0 bridgehead atoms. The maximum atomic E-state index is 14.0. The second kappa shape index (κ2) is 9.79. The number of oxazole rings is 1. The molecule has 0 aliphatic carbocycles. The number of rotatable bonds is 8. The number of carboxylic acid groups (broad SMARTS) is 1. The number of thiophene rings is 1. The summed E-state index contributed by atoms with van der Waals surface area (Å²) in [5.41, 5.74) is -1.85. The van der Waals surface area contributed by atoms with Crippen molar-refractivity contribution >= 4 is 27.5 Å². The number of benzene rings is 2. The van der Waals surface area contributed by atoms with Crippen molar-refractivity contribution in [3.8, 4) is 16.5 Å². The first-order valence-electron chi connectivity index (χ1n) is 11.9. The number of aryl methyl sites for hydroxylation is 1. The standard InChI is InChI=1S/C28H25N3O6S/c1-17-21-24(32)31(28(2,3)26(33)34)27(35)30(25(21)38-22(17)23-29-14-15-36-23)16-20(18-10-6-4-7-11-18)37-19-12-8-5-9-13-19/h4-15,20H,16H2,1-3H3,(H,33,34)/t20-/m1/s1. The zero-order valence-corrected chi connectivity index (χ0v) is 21.8. The Morgan fingerprint density at radius 3 is 2.37 bits per heavy atom. The Bertz CT molecular complexity index is 1720. The Morgan fingerprint density at radius 2 is 1.76 bits per heavy atom. The van der Waals surface area contributed by atoms with Crippen molar-refractivity contribution in [1.82, 2.24) is 14.1 Å². The summed E-state index contributed by atoms with van der Waals surface area (Å²) < 4.78 is 14.1. The second-order valence-corrected chi connectivity index (χ2v) is 10.3. The first kappa shape index (κ1) is 25.2. The van der Waals surface area contributed by atoms with E-state index in [1.165, 1.54) is 42.2 Å². The molecule has 5 aromatic rings. The molecule has 1 N–H and O–H groups in total. The summed E-state index contributed by atoms with van der Waals surface area (Å²) in [6, 6.07) is 18.6. The fourth-order valence-corrected chi connectivity index (χ4v) is 5.59.